The van der Waals surface area contributed by atoms with Gasteiger partial charge < -0.3 is 15.2 Å². The van der Waals surface area contributed by atoms with Crippen molar-refractivity contribution in [3.05, 3.63) is 59.7 Å². The molecule has 20 heavy (non-hydrogen) atoms. The van der Waals surface area contributed by atoms with Crippen LogP contribution in [0.3, 0.4) is 0 Å². The van der Waals surface area contributed by atoms with Gasteiger partial charge in [0.2, 0.25) is 0 Å². The van der Waals surface area contributed by atoms with Crippen molar-refractivity contribution < 1.29 is 14.6 Å². The minimum absolute atomic E-state index is 0.0520. The summed E-state index contributed by atoms with van der Waals surface area (Å²) < 4.78 is 5.37. The van der Waals surface area contributed by atoms with Crippen molar-refractivity contribution in [3.8, 4) is 5.75 Å². The van der Waals surface area contributed by atoms with E-state index in [0.717, 1.165) is 5.56 Å². The Labute approximate surface area is 118 Å². The fourth-order valence-corrected chi connectivity index (χ4v) is 1.84. The molecule has 0 heterocycles. The van der Waals surface area contributed by atoms with Crippen LogP contribution >= 0.6 is 0 Å². The van der Waals surface area contributed by atoms with Crippen LogP contribution in [0.1, 0.15) is 22.8 Å². The molecular weight excluding hydrogens is 254 g/mol. The Hall–Kier alpha value is -2.33. The first kappa shape index (κ1) is 14.1. The number of benzene rings is 2. The number of amides is 1. The Kier molecular flexibility index (Phi) is 4.74. The summed E-state index contributed by atoms with van der Waals surface area (Å²) in [6.07, 6.45) is 0. The van der Waals surface area contributed by atoms with Gasteiger partial charge in [-0.2, -0.15) is 0 Å². The van der Waals surface area contributed by atoms with Crippen molar-refractivity contribution in [3.63, 3.8) is 0 Å². The van der Waals surface area contributed by atoms with Gasteiger partial charge in [0, 0.05) is 11.3 Å². The molecule has 2 N–H and O–H groups in total. The smallest absolute Gasteiger partial charge is 0.255 e. The highest BCUT2D eigenvalue weighted by Gasteiger charge is 2.07. The number of ether oxygens (including phenoxy) is 1. The molecule has 0 saturated carbocycles. The molecule has 0 atom stereocenters. The van der Waals surface area contributed by atoms with Crippen LogP contribution in [0.25, 0.3) is 0 Å². The number of hydrogen-bond donors (Lipinski definition) is 2. The molecule has 0 unspecified atom stereocenters. The van der Waals surface area contributed by atoms with Crippen LogP contribution in [-0.4, -0.2) is 17.6 Å². The third-order valence-electron chi connectivity index (χ3n) is 2.77. The molecule has 104 valence electrons. The zero-order valence-corrected chi connectivity index (χ0v) is 11.3. The van der Waals surface area contributed by atoms with Gasteiger partial charge in [0.05, 0.1) is 13.2 Å². The summed E-state index contributed by atoms with van der Waals surface area (Å²) in [4.78, 5) is 12.1. The van der Waals surface area contributed by atoms with Crippen LogP contribution in [0.2, 0.25) is 0 Å². The molecule has 0 aliphatic carbocycles. The molecule has 0 bridgehead atoms. The van der Waals surface area contributed by atoms with Gasteiger partial charge in [-0.25, -0.2) is 0 Å². The van der Waals surface area contributed by atoms with Gasteiger partial charge in [0.25, 0.3) is 5.91 Å². The van der Waals surface area contributed by atoms with E-state index >= 15 is 0 Å². The molecule has 2 aromatic rings. The summed E-state index contributed by atoms with van der Waals surface area (Å²) in [5, 5.41) is 11.9. The van der Waals surface area contributed by atoms with Crippen molar-refractivity contribution in [1.82, 2.24) is 0 Å². The molecular formula is C16H17NO3. The van der Waals surface area contributed by atoms with E-state index < -0.39 is 0 Å². The summed E-state index contributed by atoms with van der Waals surface area (Å²) in [5.41, 5.74) is 1.94. The van der Waals surface area contributed by atoms with Crippen molar-refractivity contribution in [2.24, 2.45) is 0 Å². The van der Waals surface area contributed by atoms with Gasteiger partial charge in [0.1, 0.15) is 5.75 Å². The first-order valence-corrected chi connectivity index (χ1v) is 6.47. The van der Waals surface area contributed by atoms with Crippen LogP contribution in [0.5, 0.6) is 5.75 Å². The van der Waals surface area contributed by atoms with Crippen molar-refractivity contribution in [2.45, 2.75) is 13.5 Å². The molecule has 4 nitrogen and oxygen atoms in total. The van der Waals surface area contributed by atoms with E-state index in [9.17, 15) is 4.79 Å². The fraction of sp³-hybridized carbons (Fsp3) is 0.188. The number of nitrogens with one attached hydrogen (secondary N) is 1. The molecule has 0 aromatic heterocycles. The lowest BCUT2D eigenvalue weighted by Gasteiger charge is -2.08. The summed E-state index contributed by atoms with van der Waals surface area (Å²) in [6.45, 7) is 2.40. The summed E-state index contributed by atoms with van der Waals surface area (Å²) >= 11 is 0. The summed E-state index contributed by atoms with van der Waals surface area (Å²) in [5.74, 6) is 0.464. The van der Waals surface area contributed by atoms with Gasteiger partial charge in [-0.1, -0.05) is 18.2 Å². The number of carbonyl (C=O) groups is 1. The van der Waals surface area contributed by atoms with E-state index in [1.165, 1.54) is 0 Å². The summed E-state index contributed by atoms with van der Waals surface area (Å²) in [6, 6.07) is 14.1. The number of aliphatic hydroxyl groups excluding tert-OH is 1. The van der Waals surface area contributed by atoms with Crippen molar-refractivity contribution in [2.75, 3.05) is 11.9 Å². The van der Waals surface area contributed by atoms with Gasteiger partial charge >= 0.3 is 0 Å². The van der Waals surface area contributed by atoms with Crippen LogP contribution in [-0.2, 0) is 6.61 Å². The Morgan fingerprint density at radius 1 is 1.20 bits per heavy atom. The lowest BCUT2D eigenvalue weighted by molar-refractivity contribution is 0.102. The fourth-order valence-electron chi connectivity index (χ4n) is 1.84. The Morgan fingerprint density at radius 3 is 2.75 bits per heavy atom. The number of carbonyl (C=O) groups excluding carboxylic acids is 1. The average molecular weight is 271 g/mol. The lowest BCUT2D eigenvalue weighted by Crippen LogP contribution is -2.12. The predicted molar refractivity (Wildman–Crippen MR) is 77.9 cm³/mol. The number of anilines is 1. The maximum Gasteiger partial charge on any atom is 0.255 e. The predicted octanol–water partition coefficient (Wildman–Crippen LogP) is 2.83. The molecule has 2 rings (SSSR count). The van der Waals surface area contributed by atoms with E-state index in [0.29, 0.717) is 23.6 Å². The highest BCUT2D eigenvalue weighted by atomic mass is 16.5. The van der Waals surface area contributed by atoms with E-state index in [2.05, 4.69) is 5.32 Å². The van der Waals surface area contributed by atoms with Crippen LogP contribution in [0.4, 0.5) is 5.69 Å². The van der Waals surface area contributed by atoms with Gasteiger partial charge in [-0.3, -0.25) is 4.79 Å². The molecule has 0 aliphatic rings. The lowest BCUT2D eigenvalue weighted by atomic mass is 10.1. The normalized spacial score (nSPS) is 10.1. The second-order valence-corrected chi connectivity index (χ2v) is 4.27. The molecule has 1 amide bonds. The Morgan fingerprint density at radius 2 is 2.00 bits per heavy atom. The number of hydrogen-bond acceptors (Lipinski definition) is 3. The van der Waals surface area contributed by atoms with Gasteiger partial charge in [-0.05, 0) is 42.8 Å². The van der Waals surface area contributed by atoms with Gasteiger partial charge in [0.15, 0.2) is 0 Å². The highest BCUT2D eigenvalue weighted by molar-refractivity contribution is 6.04. The van der Waals surface area contributed by atoms with Crippen molar-refractivity contribution in [1.29, 1.82) is 0 Å². The second-order valence-electron chi connectivity index (χ2n) is 4.27. The quantitative estimate of drug-likeness (QED) is 0.879. The number of aliphatic hydroxyl groups is 1. The maximum atomic E-state index is 12.1. The topological polar surface area (TPSA) is 58.6 Å². The first-order valence-electron chi connectivity index (χ1n) is 6.47. The Bertz CT molecular complexity index is 596. The average Bonchev–Trinajstić information content (AvgIpc) is 2.48. The monoisotopic (exact) mass is 271 g/mol. The van der Waals surface area contributed by atoms with Crippen molar-refractivity contribution >= 4 is 11.6 Å². The minimum Gasteiger partial charge on any atom is -0.494 e. The van der Waals surface area contributed by atoms with Crippen LogP contribution < -0.4 is 10.1 Å². The second kappa shape index (κ2) is 6.73. The molecule has 0 spiro atoms. The first-order chi connectivity index (χ1) is 9.72. The van der Waals surface area contributed by atoms with Crippen LogP contribution in [0, 0.1) is 0 Å². The molecule has 0 saturated heterocycles. The largest absolute Gasteiger partial charge is 0.494 e. The molecule has 0 fully saturated rings. The SMILES string of the molecule is CCOc1cccc(C(=O)Nc2cccc(CO)c2)c1. The zero-order valence-electron chi connectivity index (χ0n) is 11.3. The molecule has 4 heteroatoms. The van der Waals surface area contributed by atoms with Gasteiger partial charge in [-0.15, -0.1) is 0 Å². The third-order valence-corrected chi connectivity index (χ3v) is 2.77. The molecule has 0 aliphatic heterocycles. The Balaban J connectivity index is 2.12. The van der Waals surface area contributed by atoms with E-state index in [1.54, 1.807) is 42.5 Å². The molecule has 2 aromatic carbocycles. The number of rotatable bonds is 5. The standard InChI is InChI=1S/C16H17NO3/c1-2-20-15-8-4-6-13(10-15)16(19)17-14-7-3-5-12(9-14)11-18/h3-10,18H,2,11H2,1H3,(H,17,19). The highest BCUT2D eigenvalue weighted by Crippen LogP contribution is 2.16. The van der Waals surface area contributed by atoms with E-state index in [4.69, 9.17) is 9.84 Å². The summed E-state index contributed by atoms with van der Waals surface area (Å²) in [7, 11) is 0. The minimum atomic E-state index is -0.207. The zero-order chi connectivity index (χ0) is 14.4. The van der Waals surface area contributed by atoms with E-state index in [-0.39, 0.29) is 12.5 Å². The maximum absolute atomic E-state index is 12.1. The van der Waals surface area contributed by atoms with Crippen LogP contribution in [0.15, 0.2) is 48.5 Å². The third kappa shape index (κ3) is 3.59. The van der Waals surface area contributed by atoms with E-state index in [1.807, 2.05) is 13.0 Å². The molecule has 0 radical (unpaired) electrons.